The van der Waals surface area contributed by atoms with Crippen molar-refractivity contribution in [3.8, 4) is 5.75 Å². The van der Waals surface area contributed by atoms with Crippen molar-refractivity contribution >= 4 is 12.2 Å². The monoisotopic (exact) mass is 299 g/mol. The minimum absolute atomic E-state index is 0.0410. The van der Waals surface area contributed by atoms with Crippen LogP contribution in [0.3, 0.4) is 0 Å². The Morgan fingerprint density at radius 1 is 1.33 bits per heavy atom. The third kappa shape index (κ3) is 4.81. The van der Waals surface area contributed by atoms with Crippen LogP contribution in [0, 0.1) is 11.6 Å². The zero-order valence-corrected chi connectivity index (χ0v) is 12.3. The van der Waals surface area contributed by atoms with Crippen molar-refractivity contribution in [1.29, 1.82) is 0 Å². The van der Waals surface area contributed by atoms with Crippen molar-refractivity contribution in [2.24, 2.45) is 0 Å². The normalized spacial score (nSPS) is 13.4. The standard InChI is InChI=1S/C15H19F2NO3/c1-4-5-9(2)18-15(20)10(3)21-14-12(16)6-11(8-19)7-13(14)17/h6-10H,4-5H2,1-3H3,(H,18,20). The summed E-state index contributed by atoms with van der Waals surface area (Å²) in [6.07, 6.45) is 0.997. The third-order valence-electron chi connectivity index (χ3n) is 2.93. The maximum absolute atomic E-state index is 13.6. The van der Waals surface area contributed by atoms with Gasteiger partial charge in [-0.3, -0.25) is 9.59 Å². The van der Waals surface area contributed by atoms with E-state index < -0.39 is 29.4 Å². The average molecular weight is 299 g/mol. The molecule has 0 fully saturated rings. The molecule has 0 aliphatic heterocycles. The molecule has 0 aromatic heterocycles. The second kappa shape index (κ2) is 7.71. The Morgan fingerprint density at radius 3 is 2.38 bits per heavy atom. The van der Waals surface area contributed by atoms with Crippen molar-refractivity contribution in [2.75, 3.05) is 0 Å². The fourth-order valence-corrected chi connectivity index (χ4v) is 1.86. The smallest absolute Gasteiger partial charge is 0.260 e. The van der Waals surface area contributed by atoms with E-state index >= 15 is 0 Å². The molecule has 1 aromatic carbocycles. The number of carbonyl (C=O) groups is 2. The molecule has 21 heavy (non-hydrogen) atoms. The number of nitrogens with one attached hydrogen (secondary N) is 1. The minimum Gasteiger partial charge on any atom is -0.475 e. The molecule has 0 aliphatic carbocycles. The van der Waals surface area contributed by atoms with E-state index in [1.165, 1.54) is 6.92 Å². The Bertz CT molecular complexity index is 497. The first-order valence-electron chi connectivity index (χ1n) is 6.80. The molecular formula is C15H19F2NO3. The van der Waals surface area contributed by atoms with Gasteiger partial charge in [0.05, 0.1) is 0 Å². The summed E-state index contributed by atoms with van der Waals surface area (Å²) >= 11 is 0. The highest BCUT2D eigenvalue weighted by atomic mass is 19.1. The lowest BCUT2D eigenvalue weighted by Crippen LogP contribution is -2.41. The van der Waals surface area contributed by atoms with E-state index in [9.17, 15) is 18.4 Å². The predicted octanol–water partition coefficient (Wildman–Crippen LogP) is 2.85. The van der Waals surface area contributed by atoms with E-state index in [-0.39, 0.29) is 11.6 Å². The van der Waals surface area contributed by atoms with Crippen LogP contribution < -0.4 is 10.1 Å². The average Bonchev–Trinajstić information content (AvgIpc) is 2.42. The van der Waals surface area contributed by atoms with E-state index in [4.69, 9.17) is 4.74 Å². The molecule has 116 valence electrons. The fourth-order valence-electron chi connectivity index (χ4n) is 1.86. The van der Waals surface area contributed by atoms with Crippen molar-refractivity contribution in [1.82, 2.24) is 5.32 Å². The summed E-state index contributed by atoms with van der Waals surface area (Å²) in [5.41, 5.74) is -0.133. The molecule has 0 saturated heterocycles. The summed E-state index contributed by atoms with van der Waals surface area (Å²) in [5.74, 6) is -3.14. The topological polar surface area (TPSA) is 55.4 Å². The van der Waals surface area contributed by atoms with Gasteiger partial charge >= 0.3 is 0 Å². The molecular weight excluding hydrogens is 280 g/mol. The number of hydrogen-bond donors (Lipinski definition) is 1. The first-order chi connectivity index (χ1) is 9.88. The van der Waals surface area contributed by atoms with Crippen molar-refractivity contribution in [3.63, 3.8) is 0 Å². The number of benzene rings is 1. The van der Waals surface area contributed by atoms with Crippen LogP contribution in [0.4, 0.5) is 8.78 Å². The van der Waals surface area contributed by atoms with Gasteiger partial charge in [-0.05, 0) is 32.4 Å². The van der Waals surface area contributed by atoms with Crippen molar-refractivity contribution in [3.05, 3.63) is 29.3 Å². The molecule has 0 radical (unpaired) electrons. The highest BCUT2D eigenvalue weighted by Crippen LogP contribution is 2.24. The van der Waals surface area contributed by atoms with Crippen molar-refractivity contribution in [2.45, 2.75) is 45.8 Å². The molecule has 0 spiro atoms. The number of ether oxygens (including phenoxy) is 1. The van der Waals surface area contributed by atoms with Gasteiger partial charge in [-0.15, -0.1) is 0 Å². The van der Waals surface area contributed by atoms with E-state index in [1.807, 2.05) is 13.8 Å². The van der Waals surface area contributed by atoms with Crippen LogP contribution >= 0.6 is 0 Å². The largest absolute Gasteiger partial charge is 0.475 e. The zero-order chi connectivity index (χ0) is 16.0. The first-order valence-corrected chi connectivity index (χ1v) is 6.80. The van der Waals surface area contributed by atoms with Gasteiger partial charge in [0.2, 0.25) is 0 Å². The molecule has 1 aromatic rings. The lowest BCUT2D eigenvalue weighted by atomic mass is 10.2. The summed E-state index contributed by atoms with van der Waals surface area (Å²) in [7, 11) is 0. The second-order valence-corrected chi connectivity index (χ2v) is 4.89. The summed E-state index contributed by atoms with van der Waals surface area (Å²) in [4.78, 5) is 22.3. The van der Waals surface area contributed by atoms with Gasteiger partial charge < -0.3 is 10.1 Å². The molecule has 1 rings (SSSR count). The van der Waals surface area contributed by atoms with Crippen LogP contribution in [0.5, 0.6) is 5.75 Å². The summed E-state index contributed by atoms with van der Waals surface area (Å²) in [5, 5.41) is 2.70. The Hall–Kier alpha value is -1.98. The van der Waals surface area contributed by atoms with Crippen LogP contribution in [0.25, 0.3) is 0 Å². The van der Waals surface area contributed by atoms with Gasteiger partial charge in [0, 0.05) is 11.6 Å². The Morgan fingerprint density at radius 2 is 1.90 bits per heavy atom. The minimum atomic E-state index is -1.05. The number of carbonyl (C=O) groups excluding carboxylic acids is 2. The summed E-state index contributed by atoms with van der Waals surface area (Å²) < 4.78 is 32.3. The number of amides is 1. The SMILES string of the molecule is CCCC(C)NC(=O)C(C)Oc1c(F)cc(C=O)cc1F. The zero-order valence-electron chi connectivity index (χ0n) is 12.3. The molecule has 1 N–H and O–H groups in total. The van der Waals surface area contributed by atoms with Gasteiger partial charge in [-0.25, -0.2) is 8.78 Å². The predicted molar refractivity (Wildman–Crippen MR) is 74.3 cm³/mol. The van der Waals surface area contributed by atoms with E-state index in [0.717, 1.165) is 25.0 Å². The van der Waals surface area contributed by atoms with Crippen molar-refractivity contribution < 1.29 is 23.1 Å². The molecule has 0 bridgehead atoms. The molecule has 2 atom stereocenters. The van der Waals surface area contributed by atoms with Gasteiger partial charge in [0.25, 0.3) is 5.91 Å². The Labute approximate surface area is 122 Å². The number of aldehydes is 1. The second-order valence-electron chi connectivity index (χ2n) is 4.89. The Kier molecular flexibility index (Phi) is 6.27. The quantitative estimate of drug-likeness (QED) is 0.788. The number of halogens is 2. The highest BCUT2D eigenvalue weighted by Gasteiger charge is 2.21. The van der Waals surface area contributed by atoms with E-state index in [2.05, 4.69) is 5.32 Å². The van der Waals surface area contributed by atoms with Gasteiger partial charge in [0.1, 0.15) is 6.29 Å². The number of rotatable bonds is 7. The van der Waals surface area contributed by atoms with Gasteiger partial charge in [-0.2, -0.15) is 0 Å². The number of hydrogen-bond acceptors (Lipinski definition) is 3. The van der Waals surface area contributed by atoms with Crippen LogP contribution in [0.1, 0.15) is 44.0 Å². The maximum atomic E-state index is 13.6. The lowest BCUT2D eigenvalue weighted by molar-refractivity contribution is -0.128. The summed E-state index contributed by atoms with van der Waals surface area (Å²) in [6, 6.07) is 1.67. The molecule has 0 aliphatic rings. The maximum Gasteiger partial charge on any atom is 0.260 e. The fraction of sp³-hybridized carbons (Fsp3) is 0.467. The lowest BCUT2D eigenvalue weighted by Gasteiger charge is -2.19. The van der Waals surface area contributed by atoms with E-state index in [1.54, 1.807) is 0 Å². The van der Waals surface area contributed by atoms with Crippen LogP contribution in [-0.4, -0.2) is 24.3 Å². The molecule has 0 heterocycles. The van der Waals surface area contributed by atoms with E-state index in [0.29, 0.717) is 6.29 Å². The Balaban J connectivity index is 2.76. The van der Waals surface area contributed by atoms with Gasteiger partial charge in [0.15, 0.2) is 23.5 Å². The molecule has 2 unspecified atom stereocenters. The molecule has 6 heteroatoms. The first kappa shape index (κ1) is 17.1. The van der Waals surface area contributed by atoms with Crippen LogP contribution in [-0.2, 0) is 4.79 Å². The summed E-state index contributed by atoms with van der Waals surface area (Å²) in [6.45, 7) is 5.23. The molecule has 4 nitrogen and oxygen atoms in total. The van der Waals surface area contributed by atoms with Gasteiger partial charge in [-0.1, -0.05) is 13.3 Å². The highest BCUT2D eigenvalue weighted by molar-refractivity contribution is 5.81. The molecule has 0 saturated carbocycles. The van der Waals surface area contributed by atoms with Crippen LogP contribution in [0.2, 0.25) is 0 Å². The van der Waals surface area contributed by atoms with Crippen LogP contribution in [0.15, 0.2) is 12.1 Å². The molecule has 1 amide bonds. The third-order valence-corrected chi connectivity index (χ3v) is 2.93.